The number of aromatic nitrogens is 1. The highest BCUT2D eigenvalue weighted by atomic mass is 127. The summed E-state index contributed by atoms with van der Waals surface area (Å²) in [5.41, 5.74) is 1.08. The van der Waals surface area contributed by atoms with Gasteiger partial charge in [0.25, 0.3) is 0 Å². The third-order valence-electron chi connectivity index (χ3n) is 2.41. The fourth-order valence-corrected chi connectivity index (χ4v) is 2.08. The van der Waals surface area contributed by atoms with Crippen molar-refractivity contribution in [1.82, 2.24) is 15.6 Å². The summed E-state index contributed by atoms with van der Waals surface area (Å²) in [6, 6.07) is 0. The predicted molar refractivity (Wildman–Crippen MR) is 92.0 cm³/mol. The molecule has 20 heavy (non-hydrogen) atoms. The van der Waals surface area contributed by atoms with E-state index in [0.717, 1.165) is 23.7 Å². The molecule has 1 heterocycles. The lowest BCUT2D eigenvalue weighted by Crippen LogP contribution is -2.39. The van der Waals surface area contributed by atoms with E-state index in [1.165, 1.54) is 7.11 Å². The van der Waals surface area contributed by atoms with Crippen LogP contribution < -0.4 is 10.6 Å². The summed E-state index contributed by atoms with van der Waals surface area (Å²) in [4.78, 5) is 19.4. The Morgan fingerprint density at radius 1 is 1.45 bits per heavy atom. The van der Waals surface area contributed by atoms with Crippen molar-refractivity contribution in [2.24, 2.45) is 4.99 Å². The molecule has 0 aliphatic carbocycles. The molecule has 0 spiro atoms. The second-order valence-electron chi connectivity index (χ2n) is 3.86. The maximum absolute atomic E-state index is 11.0. The number of esters is 1. The standard InChI is InChI=1S/C12H20N4O2S.HI/c1-9-16-10(8-19-9)4-6-14-12(13-2)15-7-5-11(17)18-3;/h8H,4-7H2,1-3H3,(H2,13,14,15);1H. The van der Waals surface area contributed by atoms with Crippen LogP contribution in [0.3, 0.4) is 0 Å². The number of aryl methyl sites for hydroxylation is 1. The molecule has 0 aliphatic rings. The third kappa shape index (κ3) is 7.63. The van der Waals surface area contributed by atoms with E-state index in [4.69, 9.17) is 0 Å². The number of hydrogen-bond donors (Lipinski definition) is 2. The average Bonchev–Trinajstić information content (AvgIpc) is 2.82. The minimum absolute atomic E-state index is 0. The molecular weight excluding hydrogens is 391 g/mol. The molecule has 1 rings (SSSR count). The van der Waals surface area contributed by atoms with Gasteiger partial charge in [-0.15, -0.1) is 35.3 Å². The summed E-state index contributed by atoms with van der Waals surface area (Å²) in [6.07, 6.45) is 1.17. The van der Waals surface area contributed by atoms with Gasteiger partial charge in [0.15, 0.2) is 5.96 Å². The van der Waals surface area contributed by atoms with Crippen molar-refractivity contribution in [3.05, 3.63) is 16.1 Å². The number of nitrogens with zero attached hydrogens (tertiary/aromatic N) is 2. The Labute approximate surface area is 140 Å². The molecule has 0 radical (unpaired) electrons. The van der Waals surface area contributed by atoms with Gasteiger partial charge < -0.3 is 15.4 Å². The number of ether oxygens (including phenoxy) is 1. The molecule has 0 aromatic carbocycles. The van der Waals surface area contributed by atoms with Gasteiger partial charge in [-0.1, -0.05) is 0 Å². The second-order valence-corrected chi connectivity index (χ2v) is 4.92. The van der Waals surface area contributed by atoms with E-state index >= 15 is 0 Å². The molecule has 1 aromatic heterocycles. The van der Waals surface area contributed by atoms with E-state index < -0.39 is 0 Å². The number of halogens is 1. The van der Waals surface area contributed by atoms with Crippen LogP contribution in [0, 0.1) is 6.92 Å². The van der Waals surface area contributed by atoms with Gasteiger partial charge in [0.05, 0.1) is 24.2 Å². The normalized spacial score (nSPS) is 10.7. The van der Waals surface area contributed by atoms with Crippen molar-refractivity contribution in [1.29, 1.82) is 0 Å². The SMILES string of the molecule is CN=C(NCCC(=O)OC)NCCc1csc(C)n1.I. The zero-order chi connectivity index (χ0) is 14.1. The Balaban J connectivity index is 0.00000361. The first-order valence-electron chi connectivity index (χ1n) is 6.08. The van der Waals surface area contributed by atoms with Crippen molar-refractivity contribution < 1.29 is 9.53 Å². The first kappa shape index (κ1) is 19.1. The van der Waals surface area contributed by atoms with Gasteiger partial charge in [-0.2, -0.15) is 0 Å². The summed E-state index contributed by atoms with van der Waals surface area (Å²) < 4.78 is 4.56. The summed E-state index contributed by atoms with van der Waals surface area (Å²) >= 11 is 1.65. The Hall–Kier alpha value is -0.900. The van der Waals surface area contributed by atoms with E-state index in [1.807, 2.05) is 6.92 Å². The summed E-state index contributed by atoms with van der Waals surface area (Å²) in [7, 11) is 3.08. The van der Waals surface area contributed by atoms with Gasteiger partial charge >= 0.3 is 5.97 Å². The fraction of sp³-hybridized carbons (Fsp3) is 0.583. The molecule has 0 fully saturated rings. The number of guanidine groups is 1. The van der Waals surface area contributed by atoms with Gasteiger partial charge in [-0.3, -0.25) is 9.79 Å². The van der Waals surface area contributed by atoms with Crippen LogP contribution in [0.25, 0.3) is 0 Å². The van der Waals surface area contributed by atoms with Gasteiger partial charge in [0.1, 0.15) is 0 Å². The zero-order valence-electron chi connectivity index (χ0n) is 11.9. The van der Waals surface area contributed by atoms with Gasteiger partial charge in [-0.05, 0) is 6.92 Å². The highest BCUT2D eigenvalue weighted by molar-refractivity contribution is 14.0. The molecule has 114 valence electrons. The highest BCUT2D eigenvalue weighted by Gasteiger charge is 2.02. The second kappa shape index (κ2) is 10.8. The first-order valence-corrected chi connectivity index (χ1v) is 6.96. The molecule has 8 heteroatoms. The van der Waals surface area contributed by atoms with Crippen molar-refractivity contribution in [3.63, 3.8) is 0 Å². The maximum Gasteiger partial charge on any atom is 0.307 e. The number of aliphatic imine (C=N–C) groups is 1. The number of thiazole rings is 1. The number of nitrogens with one attached hydrogen (secondary N) is 2. The summed E-state index contributed by atoms with van der Waals surface area (Å²) in [5.74, 6) is 0.441. The molecular formula is C12H21IN4O2S. The quantitative estimate of drug-likeness (QED) is 0.319. The maximum atomic E-state index is 11.0. The predicted octanol–water partition coefficient (Wildman–Crippen LogP) is 1.34. The van der Waals surface area contributed by atoms with Gasteiger partial charge in [0, 0.05) is 31.9 Å². The van der Waals surface area contributed by atoms with E-state index in [-0.39, 0.29) is 29.9 Å². The monoisotopic (exact) mass is 412 g/mol. The van der Waals surface area contributed by atoms with Crippen LogP contribution >= 0.6 is 35.3 Å². The van der Waals surface area contributed by atoms with Crippen LogP contribution in [0.15, 0.2) is 10.4 Å². The molecule has 0 aliphatic heterocycles. The molecule has 0 unspecified atom stereocenters. The number of methoxy groups -OCH3 is 1. The van der Waals surface area contributed by atoms with Crippen LogP contribution in [0.4, 0.5) is 0 Å². The molecule has 1 aromatic rings. The Morgan fingerprint density at radius 2 is 2.15 bits per heavy atom. The van der Waals surface area contributed by atoms with Crippen LogP contribution in [0.5, 0.6) is 0 Å². The third-order valence-corrected chi connectivity index (χ3v) is 3.24. The van der Waals surface area contributed by atoms with Gasteiger partial charge in [-0.25, -0.2) is 4.98 Å². The number of carbonyl (C=O) groups is 1. The molecule has 0 amide bonds. The zero-order valence-corrected chi connectivity index (χ0v) is 15.1. The van der Waals surface area contributed by atoms with Gasteiger partial charge in [0.2, 0.25) is 0 Å². The van der Waals surface area contributed by atoms with Crippen LogP contribution in [-0.4, -0.2) is 44.2 Å². The average molecular weight is 412 g/mol. The van der Waals surface area contributed by atoms with Crippen molar-refractivity contribution >= 4 is 47.2 Å². The van der Waals surface area contributed by atoms with Crippen LogP contribution in [0.2, 0.25) is 0 Å². The topological polar surface area (TPSA) is 75.6 Å². The lowest BCUT2D eigenvalue weighted by atomic mass is 10.3. The fourth-order valence-electron chi connectivity index (χ4n) is 1.44. The molecule has 6 nitrogen and oxygen atoms in total. The minimum Gasteiger partial charge on any atom is -0.469 e. The molecule has 2 N–H and O–H groups in total. The van der Waals surface area contributed by atoms with E-state index in [0.29, 0.717) is 18.9 Å². The van der Waals surface area contributed by atoms with Crippen molar-refractivity contribution in [2.45, 2.75) is 19.8 Å². The summed E-state index contributed by atoms with van der Waals surface area (Å²) in [5, 5.41) is 9.36. The van der Waals surface area contributed by atoms with Crippen LogP contribution in [0.1, 0.15) is 17.1 Å². The number of rotatable bonds is 6. The Morgan fingerprint density at radius 3 is 2.70 bits per heavy atom. The van der Waals surface area contributed by atoms with Crippen molar-refractivity contribution in [3.8, 4) is 0 Å². The lowest BCUT2D eigenvalue weighted by Gasteiger charge is -2.10. The molecule has 0 atom stereocenters. The lowest BCUT2D eigenvalue weighted by molar-refractivity contribution is -0.140. The minimum atomic E-state index is -0.235. The molecule has 0 bridgehead atoms. The molecule has 0 saturated heterocycles. The van der Waals surface area contributed by atoms with E-state index in [2.05, 4.69) is 30.7 Å². The first-order chi connectivity index (χ1) is 9.15. The smallest absolute Gasteiger partial charge is 0.307 e. The van der Waals surface area contributed by atoms with E-state index in [1.54, 1.807) is 18.4 Å². The Kier molecular flexibility index (Phi) is 10.3. The molecule has 0 saturated carbocycles. The number of hydrogen-bond acceptors (Lipinski definition) is 5. The number of carbonyl (C=O) groups excluding carboxylic acids is 1. The largest absolute Gasteiger partial charge is 0.469 e. The van der Waals surface area contributed by atoms with E-state index in [9.17, 15) is 4.79 Å². The highest BCUT2D eigenvalue weighted by Crippen LogP contribution is 2.07. The summed E-state index contributed by atoms with van der Waals surface area (Å²) in [6.45, 7) is 3.25. The van der Waals surface area contributed by atoms with Crippen molar-refractivity contribution in [2.75, 3.05) is 27.2 Å². The van der Waals surface area contributed by atoms with Crippen LogP contribution in [-0.2, 0) is 16.0 Å². The Bertz CT molecular complexity index is 437.